The third kappa shape index (κ3) is 1.81. The largest absolute Gasteiger partial charge is 0.275 e. The number of aromatic nitrogens is 5. The van der Waals surface area contributed by atoms with Crippen LogP contribution in [0.1, 0.15) is 0 Å². The van der Waals surface area contributed by atoms with E-state index in [0.29, 0.717) is 5.78 Å². The van der Waals surface area contributed by atoms with Crippen LogP contribution in [-0.4, -0.2) is 25.0 Å². The molecule has 4 aromatic rings. The summed E-state index contributed by atoms with van der Waals surface area (Å²) in [5.74, 6) is 0.516. The van der Waals surface area contributed by atoms with Gasteiger partial charge >= 0.3 is 0 Å². The second-order valence-electron chi connectivity index (χ2n) is 4.24. The SMILES string of the molecule is c1ccc(Sc2nc3nnnn3c3ccccc23)cc1. The standard InChI is InChI=1S/C14H9N5S/c1-2-6-10(7-3-1)20-13-11-8-4-5-9-12(11)19-14(15-13)16-17-18-19/h1-9H. The molecule has 0 fully saturated rings. The zero-order chi connectivity index (χ0) is 13.4. The molecule has 2 aromatic carbocycles. The van der Waals surface area contributed by atoms with Crippen molar-refractivity contribution in [3.8, 4) is 0 Å². The molecule has 2 aromatic heterocycles. The summed E-state index contributed by atoms with van der Waals surface area (Å²) in [5.41, 5.74) is 0.959. The quantitative estimate of drug-likeness (QED) is 0.528. The van der Waals surface area contributed by atoms with Crippen LogP contribution in [0, 0.1) is 0 Å². The van der Waals surface area contributed by atoms with Gasteiger partial charge in [0.15, 0.2) is 0 Å². The Morgan fingerprint density at radius 3 is 2.60 bits per heavy atom. The number of hydrogen-bond donors (Lipinski definition) is 0. The Morgan fingerprint density at radius 2 is 1.70 bits per heavy atom. The average Bonchev–Trinajstić information content (AvgIpc) is 2.97. The first-order valence-electron chi connectivity index (χ1n) is 6.11. The van der Waals surface area contributed by atoms with Crippen molar-refractivity contribution in [3.63, 3.8) is 0 Å². The number of nitrogens with zero attached hydrogens (tertiary/aromatic N) is 5. The Morgan fingerprint density at radius 1 is 0.900 bits per heavy atom. The van der Waals surface area contributed by atoms with Crippen molar-refractivity contribution in [1.82, 2.24) is 25.0 Å². The number of fused-ring (bicyclic) bond motifs is 3. The van der Waals surface area contributed by atoms with Crippen molar-refractivity contribution in [2.75, 3.05) is 0 Å². The Kier molecular flexibility index (Phi) is 2.60. The van der Waals surface area contributed by atoms with Crippen molar-refractivity contribution in [2.45, 2.75) is 9.92 Å². The first-order chi connectivity index (χ1) is 9.92. The van der Waals surface area contributed by atoms with Gasteiger partial charge in [0.2, 0.25) is 0 Å². The Labute approximate surface area is 118 Å². The van der Waals surface area contributed by atoms with Gasteiger partial charge in [-0.15, -0.1) is 0 Å². The molecule has 4 rings (SSSR count). The molecule has 0 N–H and O–H groups in total. The maximum Gasteiger partial charge on any atom is 0.275 e. The number of hydrogen-bond acceptors (Lipinski definition) is 5. The first-order valence-corrected chi connectivity index (χ1v) is 6.93. The monoisotopic (exact) mass is 279 g/mol. The highest BCUT2D eigenvalue weighted by atomic mass is 32.2. The molecule has 0 radical (unpaired) electrons. The van der Waals surface area contributed by atoms with Crippen molar-refractivity contribution in [1.29, 1.82) is 0 Å². The van der Waals surface area contributed by atoms with Gasteiger partial charge in [-0.1, -0.05) is 53.3 Å². The lowest BCUT2D eigenvalue weighted by atomic mass is 10.2. The minimum absolute atomic E-state index is 0.516. The zero-order valence-corrected chi connectivity index (χ0v) is 11.2. The molecule has 0 spiro atoms. The number of benzene rings is 2. The van der Waals surface area contributed by atoms with Crippen molar-refractivity contribution in [3.05, 3.63) is 54.6 Å². The van der Waals surface area contributed by atoms with Gasteiger partial charge < -0.3 is 0 Å². The van der Waals surface area contributed by atoms with Crippen LogP contribution in [0.5, 0.6) is 0 Å². The van der Waals surface area contributed by atoms with E-state index in [0.717, 1.165) is 20.8 Å². The van der Waals surface area contributed by atoms with E-state index in [-0.39, 0.29) is 0 Å². The van der Waals surface area contributed by atoms with Gasteiger partial charge in [0.25, 0.3) is 5.78 Å². The van der Waals surface area contributed by atoms with Crippen LogP contribution in [0.2, 0.25) is 0 Å². The van der Waals surface area contributed by atoms with Gasteiger partial charge in [-0.2, -0.15) is 4.52 Å². The zero-order valence-electron chi connectivity index (χ0n) is 10.3. The van der Waals surface area contributed by atoms with E-state index in [2.05, 4.69) is 32.6 Å². The predicted molar refractivity (Wildman–Crippen MR) is 76.6 cm³/mol. The third-order valence-electron chi connectivity index (χ3n) is 2.97. The lowest BCUT2D eigenvalue weighted by molar-refractivity contribution is 0.839. The summed E-state index contributed by atoms with van der Waals surface area (Å²) in [4.78, 5) is 5.69. The highest BCUT2D eigenvalue weighted by molar-refractivity contribution is 7.99. The summed E-state index contributed by atoms with van der Waals surface area (Å²) < 4.78 is 1.66. The lowest BCUT2D eigenvalue weighted by Gasteiger charge is -2.06. The van der Waals surface area contributed by atoms with E-state index in [1.54, 1.807) is 16.3 Å². The molecular weight excluding hydrogens is 270 g/mol. The van der Waals surface area contributed by atoms with Crippen molar-refractivity contribution >= 4 is 28.4 Å². The predicted octanol–water partition coefficient (Wildman–Crippen LogP) is 2.82. The second-order valence-corrected chi connectivity index (χ2v) is 5.30. The van der Waals surface area contributed by atoms with Gasteiger partial charge in [-0.05, 0) is 28.6 Å². The molecule has 0 saturated carbocycles. The van der Waals surface area contributed by atoms with E-state index in [4.69, 9.17) is 0 Å². The molecule has 0 bridgehead atoms. The summed E-state index contributed by atoms with van der Waals surface area (Å²) in [6.45, 7) is 0. The summed E-state index contributed by atoms with van der Waals surface area (Å²) >= 11 is 1.62. The van der Waals surface area contributed by atoms with E-state index < -0.39 is 0 Å². The van der Waals surface area contributed by atoms with E-state index in [1.165, 1.54) is 0 Å². The van der Waals surface area contributed by atoms with Crippen molar-refractivity contribution in [2.24, 2.45) is 0 Å². The molecule has 0 amide bonds. The average molecular weight is 279 g/mol. The molecule has 0 atom stereocenters. The second kappa shape index (κ2) is 4.57. The maximum absolute atomic E-state index is 4.55. The van der Waals surface area contributed by atoms with E-state index in [1.807, 2.05) is 42.5 Å². The fourth-order valence-electron chi connectivity index (χ4n) is 2.08. The molecule has 96 valence electrons. The summed E-state index contributed by atoms with van der Waals surface area (Å²) in [5, 5.41) is 13.6. The molecule has 6 heteroatoms. The molecule has 5 nitrogen and oxygen atoms in total. The Hall–Kier alpha value is -2.47. The Bertz CT molecular complexity index is 888. The van der Waals surface area contributed by atoms with Gasteiger partial charge in [-0.25, -0.2) is 4.98 Å². The van der Waals surface area contributed by atoms with E-state index >= 15 is 0 Å². The minimum atomic E-state index is 0.516. The van der Waals surface area contributed by atoms with Crippen LogP contribution in [0.15, 0.2) is 64.5 Å². The van der Waals surface area contributed by atoms with Crippen LogP contribution in [0.3, 0.4) is 0 Å². The molecule has 20 heavy (non-hydrogen) atoms. The normalized spacial score (nSPS) is 11.2. The lowest BCUT2D eigenvalue weighted by Crippen LogP contribution is -1.96. The molecule has 0 aliphatic rings. The molecule has 0 saturated heterocycles. The smallest absolute Gasteiger partial charge is 0.202 e. The summed E-state index contributed by atoms with van der Waals surface area (Å²) in [7, 11) is 0. The third-order valence-corrected chi connectivity index (χ3v) is 3.99. The fraction of sp³-hybridized carbons (Fsp3) is 0. The summed E-state index contributed by atoms with van der Waals surface area (Å²) in [6.07, 6.45) is 0. The molecule has 0 unspecified atom stereocenters. The Balaban J connectivity index is 1.96. The van der Waals surface area contributed by atoms with Crippen LogP contribution in [0.25, 0.3) is 16.7 Å². The van der Waals surface area contributed by atoms with Crippen LogP contribution in [0.4, 0.5) is 0 Å². The van der Waals surface area contributed by atoms with Crippen molar-refractivity contribution < 1.29 is 0 Å². The molecule has 0 aliphatic heterocycles. The molecule has 2 heterocycles. The van der Waals surface area contributed by atoms with Crippen LogP contribution < -0.4 is 0 Å². The molecule has 0 aliphatic carbocycles. The number of tetrazole rings is 1. The number of rotatable bonds is 2. The minimum Gasteiger partial charge on any atom is -0.202 e. The van der Waals surface area contributed by atoms with Crippen LogP contribution >= 0.6 is 11.8 Å². The maximum atomic E-state index is 4.55. The van der Waals surface area contributed by atoms with Gasteiger partial charge in [0, 0.05) is 10.3 Å². The van der Waals surface area contributed by atoms with Gasteiger partial charge in [0.05, 0.1) is 5.52 Å². The fourth-order valence-corrected chi connectivity index (χ4v) is 3.00. The van der Waals surface area contributed by atoms with Crippen LogP contribution in [-0.2, 0) is 0 Å². The van der Waals surface area contributed by atoms with E-state index in [9.17, 15) is 0 Å². The highest BCUT2D eigenvalue weighted by Gasteiger charge is 2.11. The van der Waals surface area contributed by atoms with Gasteiger partial charge in [-0.3, -0.25) is 0 Å². The first kappa shape index (κ1) is 11.4. The highest BCUT2D eigenvalue weighted by Crippen LogP contribution is 2.31. The van der Waals surface area contributed by atoms with Gasteiger partial charge in [0.1, 0.15) is 5.03 Å². The summed E-state index contributed by atoms with van der Waals surface area (Å²) in [6, 6.07) is 18.2. The topological polar surface area (TPSA) is 56.0 Å². The number of para-hydroxylation sites is 1. The molecular formula is C14H9N5S.